The molecule has 0 atom stereocenters. The van der Waals surface area contributed by atoms with E-state index in [9.17, 15) is 13.2 Å². The molecule has 2 aromatic carbocycles. The van der Waals surface area contributed by atoms with E-state index in [1.165, 1.54) is 11.1 Å². The first kappa shape index (κ1) is 22.7. The summed E-state index contributed by atoms with van der Waals surface area (Å²) in [7, 11) is -3.48. The standard InChI is InChI=1S/C25H28N4O4S/c30-24(28-17-14-19-6-2-3-7-21(19)18-28)13-12-23-26-25(27-33-23)20-8-10-22(11-9-20)34(31,32)29-15-4-1-5-16-29/h2-3,6-11H,1,4-5,12-18H2. The molecule has 0 radical (unpaired) electrons. The van der Waals surface area contributed by atoms with Gasteiger partial charge in [-0.3, -0.25) is 4.79 Å². The third-order valence-corrected chi connectivity index (χ3v) is 8.48. The number of amides is 1. The molecule has 2 aliphatic heterocycles. The van der Waals surface area contributed by atoms with Crippen LogP contribution in [0.25, 0.3) is 11.4 Å². The van der Waals surface area contributed by atoms with Crippen LogP contribution in [0.2, 0.25) is 0 Å². The highest BCUT2D eigenvalue weighted by atomic mass is 32.2. The van der Waals surface area contributed by atoms with Crippen molar-refractivity contribution in [3.8, 4) is 11.4 Å². The minimum absolute atomic E-state index is 0.0709. The van der Waals surface area contributed by atoms with Gasteiger partial charge in [-0.25, -0.2) is 8.42 Å². The smallest absolute Gasteiger partial charge is 0.243 e. The Labute approximate surface area is 199 Å². The van der Waals surface area contributed by atoms with Gasteiger partial charge in [0.25, 0.3) is 0 Å². The first-order chi connectivity index (χ1) is 16.5. The second kappa shape index (κ2) is 9.68. The van der Waals surface area contributed by atoms with Crippen LogP contribution in [-0.2, 0) is 34.2 Å². The summed E-state index contributed by atoms with van der Waals surface area (Å²) in [6.45, 7) is 2.50. The lowest BCUT2D eigenvalue weighted by molar-refractivity contribution is -0.132. The molecule has 0 N–H and O–H groups in total. The van der Waals surface area contributed by atoms with Gasteiger partial charge in [0.2, 0.25) is 27.6 Å². The quantitative estimate of drug-likeness (QED) is 0.536. The Morgan fingerprint density at radius 3 is 2.44 bits per heavy atom. The Balaban J connectivity index is 1.19. The summed E-state index contributed by atoms with van der Waals surface area (Å²) in [5.41, 5.74) is 3.18. The second-order valence-corrected chi connectivity index (χ2v) is 10.8. The highest BCUT2D eigenvalue weighted by molar-refractivity contribution is 7.89. The normalized spacial score (nSPS) is 16.9. The Hall–Kier alpha value is -3.04. The largest absolute Gasteiger partial charge is 0.339 e. The number of sulfonamides is 1. The van der Waals surface area contributed by atoms with Crippen molar-refractivity contribution in [2.45, 2.75) is 50.0 Å². The first-order valence-electron chi connectivity index (χ1n) is 11.8. The number of carbonyl (C=O) groups excluding carboxylic acids is 1. The Morgan fingerprint density at radius 1 is 0.941 bits per heavy atom. The van der Waals surface area contributed by atoms with E-state index < -0.39 is 10.0 Å². The van der Waals surface area contributed by atoms with E-state index in [-0.39, 0.29) is 10.8 Å². The van der Waals surface area contributed by atoms with Crippen molar-refractivity contribution in [3.63, 3.8) is 0 Å². The average molecular weight is 481 g/mol. The molecule has 5 rings (SSSR count). The Morgan fingerprint density at radius 2 is 1.68 bits per heavy atom. The van der Waals surface area contributed by atoms with Gasteiger partial charge in [-0.15, -0.1) is 0 Å². The second-order valence-electron chi connectivity index (χ2n) is 8.83. The van der Waals surface area contributed by atoms with Gasteiger partial charge < -0.3 is 9.42 Å². The molecule has 3 aromatic rings. The lowest BCUT2D eigenvalue weighted by atomic mass is 9.99. The van der Waals surface area contributed by atoms with Crippen molar-refractivity contribution >= 4 is 15.9 Å². The van der Waals surface area contributed by atoms with Crippen LogP contribution in [0.3, 0.4) is 0 Å². The molecule has 0 bridgehead atoms. The van der Waals surface area contributed by atoms with Gasteiger partial charge in [-0.1, -0.05) is 35.8 Å². The number of fused-ring (bicyclic) bond motifs is 1. The fraction of sp³-hybridized carbons (Fsp3) is 0.400. The Bertz CT molecular complexity index is 1260. The topological polar surface area (TPSA) is 96.6 Å². The zero-order chi connectivity index (χ0) is 23.5. The molecule has 34 heavy (non-hydrogen) atoms. The minimum Gasteiger partial charge on any atom is -0.339 e. The van der Waals surface area contributed by atoms with E-state index in [1.807, 2.05) is 17.0 Å². The predicted octanol–water partition coefficient (Wildman–Crippen LogP) is 3.43. The number of benzene rings is 2. The van der Waals surface area contributed by atoms with Gasteiger partial charge in [0, 0.05) is 44.6 Å². The zero-order valence-electron chi connectivity index (χ0n) is 19.0. The number of nitrogens with zero attached hydrogens (tertiary/aromatic N) is 4. The van der Waals surface area contributed by atoms with Crippen LogP contribution < -0.4 is 0 Å². The molecular formula is C25H28N4O4S. The molecule has 1 aromatic heterocycles. The predicted molar refractivity (Wildman–Crippen MR) is 126 cm³/mol. The number of aromatic nitrogens is 2. The van der Waals surface area contributed by atoms with E-state index in [0.717, 1.165) is 32.2 Å². The molecule has 1 fully saturated rings. The molecule has 1 saturated heterocycles. The summed E-state index contributed by atoms with van der Waals surface area (Å²) in [6.07, 6.45) is 4.41. The van der Waals surface area contributed by atoms with Gasteiger partial charge in [0.05, 0.1) is 4.90 Å². The summed E-state index contributed by atoms with van der Waals surface area (Å²) >= 11 is 0. The van der Waals surface area contributed by atoms with Gasteiger partial charge in [0.1, 0.15) is 0 Å². The van der Waals surface area contributed by atoms with E-state index in [4.69, 9.17) is 4.52 Å². The fourth-order valence-corrected chi connectivity index (χ4v) is 6.10. The summed E-state index contributed by atoms with van der Waals surface area (Å²) in [4.78, 5) is 19.3. The van der Waals surface area contributed by atoms with E-state index in [0.29, 0.717) is 49.8 Å². The van der Waals surface area contributed by atoms with Gasteiger partial charge in [0.15, 0.2) is 0 Å². The van der Waals surface area contributed by atoms with E-state index in [1.54, 1.807) is 28.6 Å². The lowest BCUT2D eigenvalue weighted by Crippen LogP contribution is -2.36. The van der Waals surface area contributed by atoms with E-state index in [2.05, 4.69) is 22.3 Å². The fourth-order valence-electron chi connectivity index (χ4n) is 4.58. The third kappa shape index (κ3) is 4.76. The number of carbonyl (C=O) groups is 1. The van der Waals surface area contributed by atoms with Gasteiger partial charge >= 0.3 is 0 Å². The molecule has 0 aliphatic carbocycles. The van der Waals surface area contributed by atoms with Crippen LogP contribution >= 0.6 is 0 Å². The molecule has 0 spiro atoms. The number of aryl methyl sites for hydroxylation is 1. The summed E-state index contributed by atoms with van der Waals surface area (Å²) in [5.74, 6) is 0.851. The van der Waals surface area contributed by atoms with Crippen molar-refractivity contribution in [2.24, 2.45) is 0 Å². The van der Waals surface area contributed by atoms with Crippen molar-refractivity contribution in [3.05, 3.63) is 65.5 Å². The Kier molecular flexibility index (Phi) is 6.47. The maximum Gasteiger partial charge on any atom is 0.243 e. The maximum absolute atomic E-state index is 12.8. The van der Waals surface area contributed by atoms with Crippen LogP contribution in [0.15, 0.2) is 57.9 Å². The maximum atomic E-state index is 12.8. The van der Waals surface area contributed by atoms with Crippen LogP contribution in [0.1, 0.15) is 42.7 Å². The summed E-state index contributed by atoms with van der Waals surface area (Å²) < 4.78 is 32.6. The molecule has 0 unspecified atom stereocenters. The third-order valence-electron chi connectivity index (χ3n) is 6.57. The van der Waals surface area contributed by atoms with Crippen LogP contribution in [0.5, 0.6) is 0 Å². The molecule has 3 heterocycles. The highest BCUT2D eigenvalue weighted by Gasteiger charge is 2.26. The minimum atomic E-state index is -3.48. The first-order valence-corrected chi connectivity index (χ1v) is 13.2. The summed E-state index contributed by atoms with van der Waals surface area (Å²) in [6, 6.07) is 14.8. The number of hydrogen-bond donors (Lipinski definition) is 0. The summed E-state index contributed by atoms with van der Waals surface area (Å²) in [5, 5.41) is 4.02. The number of hydrogen-bond acceptors (Lipinski definition) is 6. The SMILES string of the molecule is O=C(CCc1nc(-c2ccc(S(=O)(=O)N3CCCCC3)cc2)no1)N1CCc2ccccc2C1. The molecule has 9 heteroatoms. The van der Waals surface area contributed by atoms with Gasteiger partial charge in [-0.2, -0.15) is 9.29 Å². The zero-order valence-corrected chi connectivity index (χ0v) is 19.8. The molecule has 2 aliphatic rings. The number of piperidine rings is 1. The van der Waals surface area contributed by atoms with Crippen LogP contribution in [0, 0.1) is 0 Å². The average Bonchev–Trinajstić information content (AvgIpc) is 3.37. The van der Waals surface area contributed by atoms with Crippen LogP contribution in [-0.4, -0.2) is 53.3 Å². The van der Waals surface area contributed by atoms with Crippen LogP contribution in [0.4, 0.5) is 0 Å². The molecule has 0 saturated carbocycles. The lowest BCUT2D eigenvalue weighted by Gasteiger charge is -2.28. The van der Waals surface area contributed by atoms with E-state index >= 15 is 0 Å². The molecular weight excluding hydrogens is 452 g/mol. The van der Waals surface area contributed by atoms with Crippen molar-refractivity contribution in [1.29, 1.82) is 0 Å². The van der Waals surface area contributed by atoms with Crippen molar-refractivity contribution < 1.29 is 17.7 Å². The van der Waals surface area contributed by atoms with Crippen molar-refractivity contribution in [2.75, 3.05) is 19.6 Å². The monoisotopic (exact) mass is 480 g/mol. The molecule has 8 nitrogen and oxygen atoms in total. The number of rotatable bonds is 6. The highest BCUT2D eigenvalue weighted by Crippen LogP contribution is 2.24. The molecule has 1 amide bonds. The van der Waals surface area contributed by atoms with Crippen molar-refractivity contribution in [1.82, 2.24) is 19.3 Å². The van der Waals surface area contributed by atoms with Gasteiger partial charge in [-0.05, 0) is 54.7 Å². The molecule has 178 valence electrons.